The van der Waals surface area contributed by atoms with Gasteiger partial charge in [-0.25, -0.2) is 4.98 Å². The van der Waals surface area contributed by atoms with Gasteiger partial charge in [-0.1, -0.05) is 30.3 Å². The molecule has 0 aliphatic heterocycles. The number of hydrogen-bond acceptors (Lipinski definition) is 3. The summed E-state index contributed by atoms with van der Waals surface area (Å²) in [6, 6.07) is 16.7. The SMILES string of the molecule is O=C(NCc1ccc(-n2ccnc2)cc1)c1cc2ccccc2c(=O)[nH]1. The van der Waals surface area contributed by atoms with E-state index in [4.69, 9.17) is 0 Å². The second-order valence-electron chi connectivity index (χ2n) is 5.92. The fourth-order valence-corrected chi connectivity index (χ4v) is 2.81. The van der Waals surface area contributed by atoms with Crippen LogP contribution in [0.2, 0.25) is 0 Å². The lowest BCUT2D eigenvalue weighted by molar-refractivity contribution is 0.0946. The third-order valence-corrected chi connectivity index (χ3v) is 4.19. The van der Waals surface area contributed by atoms with E-state index < -0.39 is 0 Å². The van der Waals surface area contributed by atoms with Gasteiger partial charge in [-0.3, -0.25) is 9.59 Å². The highest BCUT2D eigenvalue weighted by Crippen LogP contribution is 2.11. The van der Waals surface area contributed by atoms with Gasteiger partial charge in [-0.15, -0.1) is 0 Å². The van der Waals surface area contributed by atoms with Crippen molar-refractivity contribution in [3.8, 4) is 5.69 Å². The summed E-state index contributed by atoms with van der Waals surface area (Å²) in [7, 11) is 0. The van der Waals surface area contributed by atoms with Crippen molar-refractivity contribution in [3.05, 3.63) is 94.9 Å². The maximum absolute atomic E-state index is 12.4. The van der Waals surface area contributed by atoms with Crippen molar-refractivity contribution in [3.63, 3.8) is 0 Å². The maximum Gasteiger partial charge on any atom is 0.268 e. The van der Waals surface area contributed by atoms with Gasteiger partial charge in [0.15, 0.2) is 0 Å². The topological polar surface area (TPSA) is 79.8 Å². The average molecular weight is 344 g/mol. The normalized spacial score (nSPS) is 10.8. The minimum absolute atomic E-state index is 0.253. The first-order valence-electron chi connectivity index (χ1n) is 8.18. The number of pyridine rings is 1. The Balaban J connectivity index is 1.48. The Labute approximate surface area is 149 Å². The fourth-order valence-electron chi connectivity index (χ4n) is 2.81. The van der Waals surface area contributed by atoms with Crippen LogP contribution >= 0.6 is 0 Å². The van der Waals surface area contributed by atoms with Crippen LogP contribution < -0.4 is 10.9 Å². The Hall–Kier alpha value is -3.67. The molecule has 2 N–H and O–H groups in total. The quantitative estimate of drug-likeness (QED) is 0.597. The van der Waals surface area contributed by atoms with Gasteiger partial charge in [0.1, 0.15) is 5.69 Å². The Morgan fingerprint density at radius 1 is 1.12 bits per heavy atom. The summed E-state index contributed by atoms with van der Waals surface area (Å²) in [5.74, 6) is -0.313. The molecule has 6 heteroatoms. The highest BCUT2D eigenvalue weighted by molar-refractivity contribution is 5.96. The molecule has 0 saturated carbocycles. The zero-order valence-corrected chi connectivity index (χ0v) is 13.8. The average Bonchev–Trinajstić information content (AvgIpc) is 3.21. The summed E-state index contributed by atoms with van der Waals surface area (Å²) >= 11 is 0. The number of H-pyrrole nitrogens is 1. The molecule has 0 saturated heterocycles. The molecule has 0 bridgehead atoms. The van der Waals surface area contributed by atoms with Crippen molar-refractivity contribution in [2.24, 2.45) is 0 Å². The van der Waals surface area contributed by atoms with E-state index in [0.29, 0.717) is 11.9 Å². The summed E-state index contributed by atoms with van der Waals surface area (Å²) in [6.45, 7) is 0.373. The highest BCUT2D eigenvalue weighted by Gasteiger charge is 2.09. The van der Waals surface area contributed by atoms with Crippen LogP contribution in [0.3, 0.4) is 0 Å². The van der Waals surface area contributed by atoms with Crippen LogP contribution in [0.25, 0.3) is 16.5 Å². The van der Waals surface area contributed by atoms with Crippen LogP contribution in [0.4, 0.5) is 0 Å². The zero-order chi connectivity index (χ0) is 17.9. The third-order valence-electron chi connectivity index (χ3n) is 4.19. The monoisotopic (exact) mass is 344 g/mol. The number of hydrogen-bond donors (Lipinski definition) is 2. The van der Waals surface area contributed by atoms with Crippen LogP contribution in [-0.4, -0.2) is 20.4 Å². The number of carbonyl (C=O) groups is 1. The van der Waals surface area contributed by atoms with E-state index in [0.717, 1.165) is 16.6 Å². The molecule has 4 rings (SSSR count). The molecule has 0 radical (unpaired) electrons. The third kappa shape index (κ3) is 3.12. The number of carbonyl (C=O) groups excluding carboxylic acids is 1. The van der Waals surface area contributed by atoms with Crippen molar-refractivity contribution >= 4 is 16.7 Å². The molecule has 0 fully saturated rings. The Morgan fingerprint density at radius 2 is 1.92 bits per heavy atom. The number of aromatic amines is 1. The van der Waals surface area contributed by atoms with Crippen LogP contribution in [0, 0.1) is 0 Å². The number of benzene rings is 2. The lowest BCUT2D eigenvalue weighted by Gasteiger charge is -2.08. The number of aromatic nitrogens is 3. The minimum Gasteiger partial charge on any atom is -0.347 e. The van der Waals surface area contributed by atoms with E-state index in [2.05, 4.69) is 15.3 Å². The van der Waals surface area contributed by atoms with Gasteiger partial charge in [-0.05, 0) is 35.2 Å². The Bertz CT molecular complexity index is 1110. The predicted molar refractivity (Wildman–Crippen MR) is 99.3 cm³/mol. The molecule has 1 amide bonds. The van der Waals surface area contributed by atoms with Crippen molar-refractivity contribution < 1.29 is 4.79 Å². The largest absolute Gasteiger partial charge is 0.347 e. The molecule has 0 spiro atoms. The lowest BCUT2D eigenvalue weighted by atomic mass is 10.1. The first-order valence-corrected chi connectivity index (χ1v) is 8.18. The molecule has 0 aliphatic carbocycles. The van der Waals surface area contributed by atoms with E-state index in [1.807, 2.05) is 47.2 Å². The van der Waals surface area contributed by atoms with Crippen molar-refractivity contribution in [2.45, 2.75) is 6.54 Å². The molecular formula is C20H16N4O2. The number of fused-ring (bicyclic) bond motifs is 1. The molecule has 6 nitrogen and oxygen atoms in total. The summed E-state index contributed by atoms with van der Waals surface area (Å²) < 4.78 is 1.90. The molecule has 26 heavy (non-hydrogen) atoms. The number of rotatable bonds is 4. The molecular weight excluding hydrogens is 328 g/mol. The zero-order valence-electron chi connectivity index (χ0n) is 13.8. The second-order valence-corrected chi connectivity index (χ2v) is 5.92. The smallest absolute Gasteiger partial charge is 0.268 e. The number of nitrogens with zero attached hydrogens (tertiary/aromatic N) is 2. The van der Waals surface area contributed by atoms with E-state index in [1.54, 1.807) is 30.7 Å². The minimum atomic E-state index is -0.313. The molecule has 0 atom stereocenters. The highest BCUT2D eigenvalue weighted by atomic mass is 16.2. The maximum atomic E-state index is 12.4. The predicted octanol–water partition coefficient (Wildman–Crippen LogP) is 2.64. The van der Waals surface area contributed by atoms with Gasteiger partial charge in [0.25, 0.3) is 11.5 Å². The number of imidazole rings is 1. The van der Waals surface area contributed by atoms with Crippen molar-refractivity contribution in [2.75, 3.05) is 0 Å². The van der Waals surface area contributed by atoms with Crippen molar-refractivity contribution in [1.82, 2.24) is 19.9 Å². The molecule has 2 aromatic carbocycles. The summed E-state index contributed by atoms with van der Waals surface area (Å²) in [5, 5.41) is 4.14. The molecule has 0 unspecified atom stereocenters. The van der Waals surface area contributed by atoms with Crippen LogP contribution in [0.15, 0.2) is 78.1 Å². The number of amides is 1. The van der Waals surface area contributed by atoms with Crippen molar-refractivity contribution in [1.29, 1.82) is 0 Å². The molecule has 2 heterocycles. The summed E-state index contributed by atoms with van der Waals surface area (Å²) in [6.07, 6.45) is 5.32. The second kappa shape index (κ2) is 6.68. The summed E-state index contributed by atoms with van der Waals surface area (Å²) in [4.78, 5) is 31.1. The number of nitrogens with one attached hydrogen (secondary N) is 2. The van der Waals surface area contributed by atoms with Crippen LogP contribution in [0.5, 0.6) is 0 Å². The molecule has 4 aromatic rings. The Morgan fingerprint density at radius 3 is 2.69 bits per heavy atom. The van der Waals surface area contributed by atoms with Gasteiger partial charge < -0.3 is 14.9 Å². The summed E-state index contributed by atoms with van der Waals surface area (Å²) in [5.41, 5.74) is 1.95. The molecule has 0 aliphatic rings. The standard InChI is InChI=1S/C20H16N4O2/c25-19-17-4-2-1-3-15(17)11-18(23-19)20(26)22-12-14-5-7-16(8-6-14)24-10-9-21-13-24/h1-11,13H,12H2,(H,22,26)(H,23,25). The Kier molecular flexibility index (Phi) is 4.07. The van der Waals surface area contributed by atoms with Crippen LogP contribution in [0.1, 0.15) is 16.1 Å². The van der Waals surface area contributed by atoms with Gasteiger partial charge in [-0.2, -0.15) is 0 Å². The van der Waals surface area contributed by atoms with Gasteiger partial charge >= 0.3 is 0 Å². The van der Waals surface area contributed by atoms with Gasteiger partial charge in [0.05, 0.1) is 6.33 Å². The van der Waals surface area contributed by atoms with Crippen LogP contribution in [-0.2, 0) is 6.54 Å². The van der Waals surface area contributed by atoms with E-state index in [9.17, 15) is 9.59 Å². The lowest BCUT2D eigenvalue weighted by Crippen LogP contribution is -2.26. The van der Waals surface area contributed by atoms with Gasteiger partial charge in [0.2, 0.25) is 0 Å². The molecule has 2 aromatic heterocycles. The first kappa shape index (κ1) is 15.8. The van der Waals surface area contributed by atoms with E-state index in [-0.39, 0.29) is 17.2 Å². The molecule has 128 valence electrons. The van der Waals surface area contributed by atoms with E-state index >= 15 is 0 Å². The first-order chi connectivity index (χ1) is 12.7. The van der Waals surface area contributed by atoms with Gasteiger partial charge in [0, 0.05) is 30.0 Å². The van der Waals surface area contributed by atoms with E-state index in [1.165, 1.54) is 0 Å². The fraction of sp³-hybridized carbons (Fsp3) is 0.0500.